The second-order valence-corrected chi connectivity index (χ2v) is 4.39. The molecule has 0 saturated carbocycles. The van der Waals surface area contributed by atoms with E-state index in [4.69, 9.17) is 4.52 Å². The van der Waals surface area contributed by atoms with Gasteiger partial charge in [-0.05, 0) is 25.8 Å². The molecule has 90 valence electrons. The molecule has 1 atom stereocenters. The highest BCUT2D eigenvalue weighted by Gasteiger charge is 2.21. The molecule has 0 radical (unpaired) electrons. The lowest BCUT2D eigenvalue weighted by atomic mass is 10.0. The summed E-state index contributed by atoms with van der Waals surface area (Å²) in [5, 5.41) is 6.96. The van der Waals surface area contributed by atoms with Gasteiger partial charge in [-0.15, -0.1) is 0 Å². The SMILES string of the molecule is Fc1cc2oncc2c(F)c1CC1CCCN1. The summed E-state index contributed by atoms with van der Waals surface area (Å²) in [6, 6.07) is 1.37. The van der Waals surface area contributed by atoms with Crippen molar-refractivity contribution in [1.29, 1.82) is 0 Å². The maximum atomic E-state index is 14.0. The van der Waals surface area contributed by atoms with Crippen LogP contribution in [0.1, 0.15) is 18.4 Å². The van der Waals surface area contributed by atoms with E-state index in [-0.39, 0.29) is 22.6 Å². The van der Waals surface area contributed by atoms with E-state index in [1.165, 1.54) is 12.3 Å². The first kappa shape index (κ1) is 10.7. The molecule has 3 rings (SSSR count). The molecule has 1 aliphatic rings. The Kier molecular flexibility index (Phi) is 2.55. The number of halogens is 2. The summed E-state index contributed by atoms with van der Waals surface area (Å²) in [6.45, 7) is 0.920. The first-order valence-electron chi connectivity index (χ1n) is 5.70. The van der Waals surface area contributed by atoms with Gasteiger partial charge in [0, 0.05) is 17.7 Å². The number of aromatic nitrogens is 1. The van der Waals surface area contributed by atoms with E-state index in [1.807, 2.05) is 0 Å². The molecule has 1 fully saturated rings. The van der Waals surface area contributed by atoms with Crippen molar-refractivity contribution in [2.75, 3.05) is 6.54 Å². The van der Waals surface area contributed by atoms with Gasteiger partial charge < -0.3 is 9.84 Å². The lowest BCUT2D eigenvalue weighted by Gasteiger charge is -2.11. The van der Waals surface area contributed by atoms with Crippen molar-refractivity contribution in [3.05, 3.63) is 29.5 Å². The number of nitrogens with one attached hydrogen (secondary N) is 1. The van der Waals surface area contributed by atoms with Crippen LogP contribution in [-0.2, 0) is 6.42 Å². The maximum absolute atomic E-state index is 14.0. The van der Waals surface area contributed by atoms with Gasteiger partial charge in [0.2, 0.25) is 0 Å². The summed E-state index contributed by atoms with van der Waals surface area (Å²) >= 11 is 0. The molecule has 1 saturated heterocycles. The fourth-order valence-electron chi connectivity index (χ4n) is 2.35. The molecule has 1 aliphatic heterocycles. The quantitative estimate of drug-likeness (QED) is 0.873. The van der Waals surface area contributed by atoms with E-state index in [2.05, 4.69) is 10.5 Å². The minimum Gasteiger partial charge on any atom is -0.356 e. The minimum atomic E-state index is -0.555. The lowest BCUT2D eigenvalue weighted by Crippen LogP contribution is -2.24. The molecule has 3 nitrogen and oxygen atoms in total. The van der Waals surface area contributed by atoms with Gasteiger partial charge in [-0.3, -0.25) is 0 Å². The van der Waals surface area contributed by atoms with Gasteiger partial charge in [0.15, 0.2) is 5.58 Å². The van der Waals surface area contributed by atoms with Gasteiger partial charge in [0.1, 0.15) is 11.6 Å². The van der Waals surface area contributed by atoms with Gasteiger partial charge in [-0.25, -0.2) is 8.78 Å². The molecule has 0 bridgehead atoms. The molecule has 1 unspecified atom stereocenters. The number of fused-ring (bicyclic) bond motifs is 1. The fraction of sp³-hybridized carbons (Fsp3) is 0.417. The zero-order valence-electron chi connectivity index (χ0n) is 9.17. The second kappa shape index (κ2) is 4.07. The number of hydrogen-bond donors (Lipinski definition) is 1. The number of benzene rings is 1. The molecular formula is C12H12F2N2O. The van der Waals surface area contributed by atoms with Crippen LogP contribution < -0.4 is 5.32 Å². The Hall–Kier alpha value is -1.49. The summed E-state index contributed by atoms with van der Waals surface area (Å²) < 4.78 is 32.6. The molecule has 1 aromatic heterocycles. The fourth-order valence-corrected chi connectivity index (χ4v) is 2.35. The molecule has 1 N–H and O–H groups in total. The monoisotopic (exact) mass is 238 g/mol. The third kappa shape index (κ3) is 1.80. The van der Waals surface area contributed by atoms with E-state index in [1.54, 1.807) is 0 Å². The summed E-state index contributed by atoms with van der Waals surface area (Å²) in [5.74, 6) is -1.10. The molecule has 2 heterocycles. The number of hydrogen-bond acceptors (Lipinski definition) is 3. The van der Waals surface area contributed by atoms with Crippen LogP contribution in [0.5, 0.6) is 0 Å². The van der Waals surface area contributed by atoms with Crippen molar-refractivity contribution in [3.8, 4) is 0 Å². The molecule has 17 heavy (non-hydrogen) atoms. The summed E-state index contributed by atoms with van der Waals surface area (Å²) in [4.78, 5) is 0. The Morgan fingerprint density at radius 2 is 2.35 bits per heavy atom. The van der Waals surface area contributed by atoms with Gasteiger partial charge >= 0.3 is 0 Å². The van der Waals surface area contributed by atoms with E-state index in [0.29, 0.717) is 6.42 Å². The Morgan fingerprint density at radius 3 is 3.12 bits per heavy atom. The van der Waals surface area contributed by atoms with Crippen LogP contribution in [-0.4, -0.2) is 17.7 Å². The van der Waals surface area contributed by atoms with Crippen molar-refractivity contribution in [2.45, 2.75) is 25.3 Å². The largest absolute Gasteiger partial charge is 0.356 e. The lowest BCUT2D eigenvalue weighted by molar-refractivity contribution is 0.453. The Morgan fingerprint density at radius 1 is 1.47 bits per heavy atom. The highest BCUT2D eigenvalue weighted by atomic mass is 19.1. The Bertz CT molecular complexity index is 547. The van der Waals surface area contributed by atoms with Crippen LogP contribution in [0.3, 0.4) is 0 Å². The van der Waals surface area contributed by atoms with Crippen LogP contribution in [0.15, 0.2) is 16.8 Å². The number of rotatable bonds is 2. The van der Waals surface area contributed by atoms with E-state index >= 15 is 0 Å². The summed E-state index contributed by atoms with van der Waals surface area (Å²) in [7, 11) is 0. The molecule has 0 aliphatic carbocycles. The topological polar surface area (TPSA) is 38.1 Å². The van der Waals surface area contributed by atoms with E-state index in [0.717, 1.165) is 19.4 Å². The van der Waals surface area contributed by atoms with E-state index < -0.39 is 11.6 Å². The Balaban J connectivity index is 2.01. The molecule has 2 aromatic rings. The molecular weight excluding hydrogens is 226 g/mol. The highest BCUT2D eigenvalue weighted by molar-refractivity contribution is 5.77. The van der Waals surface area contributed by atoms with Crippen LogP contribution in [0.4, 0.5) is 8.78 Å². The molecule has 1 aromatic carbocycles. The normalized spacial score (nSPS) is 20.2. The minimum absolute atomic E-state index is 0.125. The molecule has 0 amide bonds. The predicted octanol–water partition coefficient (Wildman–Crippen LogP) is 2.40. The zero-order valence-corrected chi connectivity index (χ0v) is 9.17. The summed E-state index contributed by atoms with van der Waals surface area (Å²) in [5.41, 5.74) is 0.281. The van der Waals surface area contributed by atoms with E-state index in [9.17, 15) is 8.78 Å². The Labute approximate surface area is 96.8 Å². The van der Waals surface area contributed by atoms with Crippen LogP contribution in [0, 0.1) is 11.6 Å². The predicted molar refractivity (Wildman–Crippen MR) is 58.7 cm³/mol. The second-order valence-electron chi connectivity index (χ2n) is 4.39. The van der Waals surface area contributed by atoms with Gasteiger partial charge in [0.25, 0.3) is 0 Å². The van der Waals surface area contributed by atoms with Gasteiger partial charge in [-0.1, -0.05) is 5.16 Å². The average Bonchev–Trinajstić information content (AvgIpc) is 2.94. The summed E-state index contributed by atoms with van der Waals surface area (Å²) in [6.07, 6.45) is 3.68. The van der Waals surface area contributed by atoms with Crippen molar-refractivity contribution in [1.82, 2.24) is 10.5 Å². The first-order chi connectivity index (χ1) is 8.25. The van der Waals surface area contributed by atoms with Gasteiger partial charge in [0.05, 0.1) is 11.6 Å². The van der Waals surface area contributed by atoms with Crippen LogP contribution >= 0.6 is 0 Å². The van der Waals surface area contributed by atoms with Crippen molar-refractivity contribution >= 4 is 11.0 Å². The van der Waals surface area contributed by atoms with Crippen LogP contribution in [0.25, 0.3) is 11.0 Å². The number of nitrogens with zero attached hydrogens (tertiary/aromatic N) is 1. The van der Waals surface area contributed by atoms with Crippen LogP contribution in [0.2, 0.25) is 0 Å². The van der Waals surface area contributed by atoms with Crippen molar-refractivity contribution < 1.29 is 13.3 Å². The van der Waals surface area contributed by atoms with Crippen molar-refractivity contribution in [2.24, 2.45) is 0 Å². The smallest absolute Gasteiger partial charge is 0.172 e. The first-order valence-corrected chi connectivity index (χ1v) is 5.70. The highest BCUT2D eigenvalue weighted by Crippen LogP contribution is 2.25. The molecule has 0 spiro atoms. The maximum Gasteiger partial charge on any atom is 0.172 e. The van der Waals surface area contributed by atoms with Gasteiger partial charge in [-0.2, -0.15) is 0 Å². The van der Waals surface area contributed by atoms with Crippen molar-refractivity contribution in [3.63, 3.8) is 0 Å². The third-order valence-corrected chi connectivity index (χ3v) is 3.26. The average molecular weight is 238 g/mol. The molecule has 5 heteroatoms. The standard InChI is InChI=1S/C12H12F2N2O/c13-10-5-11-9(6-16-17-11)12(14)8(10)4-7-2-1-3-15-7/h5-7,15H,1-4H2. The zero-order chi connectivity index (χ0) is 11.8. The third-order valence-electron chi connectivity index (χ3n) is 3.26.